The molecule has 0 saturated heterocycles. The summed E-state index contributed by atoms with van der Waals surface area (Å²) in [6.07, 6.45) is 0. The SMILES string of the molecule is CC(C)c1csc(NS(=O)(=O)c2ccccc2C#N)n1. The molecule has 0 fully saturated rings. The first kappa shape index (κ1) is 14.5. The van der Waals surface area contributed by atoms with E-state index in [4.69, 9.17) is 5.26 Å². The molecule has 0 unspecified atom stereocenters. The number of nitriles is 1. The van der Waals surface area contributed by atoms with Crippen LogP contribution in [0.2, 0.25) is 0 Å². The van der Waals surface area contributed by atoms with Crippen molar-refractivity contribution in [3.8, 4) is 6.07 Å². The van der Waals surface area contributed by atoms with Gasteiger partial charge >= 0.3 is 0 Å². The van der Waals surface area contributed by atoms with Crippen LogP contribution in [0.1, 0.15) is 31.0 Å². The van der Waals surface area contributed by atoms with Crippen LogP contribution in [-0.4, -0.2) is 13.4 Å². The zero-order valence-electron chi connectivity index (χ0n) is 11.0. The molecule has 2 aromatic rings. The summed E-state index contributed by atoms with van der Waals surface area (Å²) in [6, 6.07) is 7.95. The highest BCUT2D eigenvalue weighted by molar-refractivity contribution is 7.93. The molecule has 1 N–H and O–H groups in total. The Hall–Kier alpha value is -1.91. The highest BCUT2D eigenvalue weighted by Crippen LogP contribution is 2.24. The van der Waals surface area contributed by atoms with E-state index in [1.165, 1.54) is 23.5 Å². The second kappa shape index (κ2) is 5.61. The number of nitrogens with one attached hydrogen (secondary N) is 1. The number of hydrogen-bond acceptors (Lipinski definition) is 5. The van der Waals surface area contributed by atoms with Gasteiger partial charge in [-0.1, -0.05) is 26.0 Å². The average Bonchev–Trinajstić information content (AvgIpc) is 2.86. The van der Waals surface area contributed by atoms with Crippen molar-refractivity contribution in [2.75, 3.05) is 4.72 Å². The first-order valence-corrected chi connectivity index (χ1v) is 8.27. The summed E-state index contributed by atoms with van der Waals surface area (Å²) in [5.41, 5.74) is 0.946. The Morgan fingerprint density at radius 3 is 2.65 bits per heavy atom. The van der Waals surface area contributed by atoms with E-state index in [9.17, 15) is 8.42 Å². The van der Waals surface area contributed by atoms with Gasteiger partial charge in [0.25, 0.3) is 10.0 Å². The molecule has 5 nitrogen and oxygen atoms in total. The van der Waals surface area contributed by atoms with Crippen molar-refractivity contribution >= 4 is 26.5 Å². The summed E-state index contributed by atoms with van der Waals surface area (Å²) in [5.74, 6) is 0.232. The summed E-state index contributed by atoms with van der Waals surface area (Å²) in [5, 5.41) is 11.1. The Bertz CT molecular complexity index is 758. The second-order valence-corrected chi connectivity index (χ2v) is 6.95. The minimum Gasteiger partial charge on any atom is -0.255 e. The van der Waals surface area contributed by atoms with E-state index in [0.717, 1.165) is 5.69 Å². The molecule has 0 aliphatic carbocycles. The molecular formula is C13H13N3O2S2. The van der Waals surface area contributed by atoms with Gasteiger partial charge in [-0.25, -0.2) is 13.4 Å². The van der Waals surface area contributed by atoms with Gasteiger partial charge in [0, 0.05) is 5.38 Å². The maximum atomic E-state index is 12.3. The maximum Gasteiger partial charge on any atom is 0.264 e. The highest BCUT2D eigenvalue weighted by atomic mass is 32.2. The molecule has 0 spiro atoms. The number of aromatic nitrogens is 1. The quantitative estimate of drug-likeness (QED) is 0.941. The van der Waals surface area contributed by atoms with Crippen molar-refractivity contribution < 1.29 is 8.42 Å². The molecule has 0 amide bonds. The van der Waals surface area contributed by atoms with Gasteiger partial charge < -0.3 is 0 Å². The number of rotatable bonds is 4. The molecule has 104 valence electrons. The van der Waals surface area contributed by atoms with E-state index in [2.05, 4.69) is 9.71 Å². The summed E-state index contributed by atoms with van der Waals surface area (Å²) in [6.45, 7) is 3.97. The lowest BCUT2D eigenvalue weighted by Crippen LogP contribution is -2.14. The van der Waals surface area contributed by atoms with Crippen LogP contribution >= 0.6 is 11.3 Å². The van der Waals surface area contributed by atoms with Crippen LogP contribution in [-0.2, 0) is 10.0 Å². The number of anilines is 1. The van der Waals surface area contributed by atoms with Gasteiger partial charge in [0.15, 0.2) is 5.13 Å². The van der Waals surface area contributed by atoms with Gasteiger partial charge in [-0.05, 0) is 18.1 Å². The van der Waals surface area contributed by atoms with Crippen molar-refractivity contribution in [1.82, 2.24) is 4.98 Å². The van der Waals surface area contributed by atoms with Gasteiger partial charge in [0.2, 0.25) is 0 Å². The van der Waals surface area contributed by atoms with Crippen LogP contribution in [0.5, 0.6) is 0 Å². The predicted octanol–water partition coefficient (Wildman–Crippen LogP) is 2.94. The molecule has 20 heavy (non-hydrogen) atoms. The van der Waals surface area contributed by atoms with Crippen molar-refractivity contribution in [2.45, 2.75) is 24.7 Å². The Morgan fingerprint density at radius 2 is 2.05 bits per heavy atom. The third-order valence-electron chi connectivity index (χ3n) is 2.63. The molecule has 1 aromatic carbocycles. The van der Waals surface area contributed by atoms with Gasteiger partial charge in [-0.15, -0.1) is 11.3 Å². The lowest BCUT2D eigenvalue weighted by atomic mass is 10.2. The van der Waals surface area contributed by atoms with E-state index in [1.807, 2.05) is 25.3 Å². The van der Waals surface area contributed by atoms with E-state index in [1.54, 1.807) is 12.1 Å². The molecule has 7 heteroatoms. The molecular weight excluding hydrogens is 294 g/mol. The largest absolute Gasteiger partial charge is 0.264 e. The number of benzene rings is 1. The smallest absolute Gasteiger partial charge is 0.255 e. The molecule has 0 bridgehead atoms. The van der Waals surface area contributed by atoms with Gasteiger partial charge in [-0.3, -0.25) is 4.72 Å². The van der Waals surface area contributed by atoms with Gasteiger partial charge in [0.05, 0.1) is 11.3 Å². The molecule has 0 aliphatic rings. The standard InChI is InChI=1S/C13H13N3O2S2/c1-9(2)11-8-19-13(15-11)16-20(17,18)12-6-4-3-5-10(12)7-14/h3-6,8-9H,1-2H3,(H,15,16). The molecule has 0 aliphatic heterocycles. The molecule has 0 radical (unpaired) electrons. The van der Waals surface area contributed by atoms with Crippen molar-refractivity contribution in [1.29, 1.82) is 5.26 Å². The summed E-state index contributed by atoms with van der Waals surface area (Å²) in [7, 11) is -3.79. The maximum absolute atomic E-state index is 12.3. The topological polar surface area (TPSA) is 82.9 Å². The van der Waals surface area contributed by atoms with Gasteiger partial charge in [0.1, 0.15) is 11.0 Å². The number of hydrogen-bond donors (Lipinski definition) is 1. The Labute approximate surface area is 122 Å². The molecule has 1 heterocycles. The van der Waals surface area contributed by atoms with Crippen LogP contribution in [0.25, 0.3) is 0 Å². The molecule has 2 rings (SSSR count). The average molecular weight is 307 g/mol. The fourth-order valence-corrected chi connectivity index (χ4v) is 3.84. The first-order chi connectivity index (χ1) is 9.44. The van der Waals surface area contributed by atoms with Crippen LogP contribution in [0.4, 0.5) is 5.13 Å². The predicted molar refractivity (Wildman–Crippen MR) is 78.2 cm³/mol. The lowest BCUT2D eigenvalue weighted by molar-refractivity contribution is 0.601. The molecule has 0 saturated carbocycles. The Kier molecular flexibility index (Phi) is 4.06. The highest BCUT2D eigenvalue weighted by Gasteiger charge is 2.20. The van der Waals surface area contributed by atoms with Gasteiger partial charge in [-0.2, -0.15) is 5.26 Å². The Balaban J connectivity index is 2.34. The minimum absolute atomic E-state index is 0.0382. The van der Waals surface area contributed by atoms with Crippen LogP contribution in [0, 0.1) is 11.3 Å². The molecule has 0 atom stereocenters. The van der Waals surface area contributed by atoms with Crippen LogP contribution in [0.15, 0.2) is 34.5 Å². The van der Waals surface area contributed by atoms with Crippen LogP contribution < -0.4 is 4.72 Å². The fraction of sp³-hybridized carbons (Fsp3) is 0.231. The Morgan fingerprint density at radius 1 is 1.35 bits per heavy atom. The van der Waals surface area contributed by atoms with E-state index in [0.29, 0.717) is 5.13 Å². The van der Waals surface area contributed by atoms with Crippen molar-refractivity contribution in [2.24, 2.45) is 0 Å². The number of nitrogens with zero attached hydrogens (tertiary/aromatic N) is 2. The van der Waals surface area contributed by atoms with Crippen molar-refractivity contribution in [3.63, 3.8) is 0 Å². The van der Waals surface area contributed by atoms with E-state index >= 15 is 0 Å². The summed E-state index contributed by atoms with van der Waals surface area (Å²) < 4.78 is 26.9. The summed E-state index contributed by atoms with van der Waals surface area (Å²) in [4.78, 5) is 4.18. The number of thiazole rings is 1. The van der Waals surface area contributed by atoms with E-state index in [-0.39, 0.29) is 16.4 Å². The monoisotopic (exact) mass is 307 g/mol. The lowest BCUT2D eigenvalue weighted by Gasteiger charge is -2.06. The molecule has 1 aromatic heterocycles. The van der Waals surface area contributed by atoms with E-state index < -0.39 is 10.0 Å². The zero-order valence-corrected chi connectivity index (χ0v) is 12.6. The fourth-order valence-electron chi connectivity index (χ4n) is 1.56. The third-order valence-corrected chi connectivity index (χ3v) is 4.93. The van der Waals surface area contributed by atoms with Crippen LogP contribution in [0.3, 0.4) is 0 Å². The minimum atomic E-state index is -3.79. The summed E-state index contributed by atoms with van der Waals surface area (Å²) >= 11 is 1.23. The third kappa shape index (κ3) is 2.98. The van der Waals surface area contributed by atoms with Crippen molar-refractivity contribution in [3.05, 3.63) is 40.9 Å². The number of sulfonamides is 1. The zero-order chi connectivity index (χ0) is 14.8. The second-order valence-electron chi connectivity index (χ2n) is 4.45. The normalized spacial score (nSPS) is 11.3. The first-order valence-electron chi connectivity index (χ1n) is 5.91.